The fraction of sp³-hybridized carbons (Fsp3) is 0.429. The Morgan fingerprint density at radius 3 is 2.30 bits per heavy atom. The number of aromatic nitrogens is 4. The van der Waals surface area contributed by atoms with Gasteiger partial charge in [-0.3, -0.25) is 9.55 Å². The summed E-state index contributed by atoms with van der Waals surface area (Å²) in [5.41, 5.74) is 2.83. The lowest BCUT2D eigenvalue weighted by Gasteiger charge is -2.09. The standard InChI is InChI=1S/C14H19N5O/c1-4-11-6-10(7-12(5-2)17-11)8-19-9-16-13(15-3)18-14(19)20/h6-7,9H,4-5,8H2,1-3H3,(H,15,18,20). The van der Waals surface area contributed by atoms with Gasteiger partial charge in [0.1, 0.15) is 6.33 Å². The molecule has 6 nitrogen and oxygen atoms in total. The first kappa shape index (κ1) is 14.2. The fourth-order valence-electron chi connectivity index (χ4n) is 1.96. The van der Waals surface area contributed by atoms with Crippen LogP contribution < -0.4 is 11.0 Å². The normalized spacial score (nSPS) is 10.6. The number of anilines is 1. The van der Waals surface area contributed by atoms with Gasteiger partial charge >= 0.3 is 5.69 Å². The van der Waals surface area contributed by atoms with E-state index in [1.807, 2.05) is 12.1 Å². The number of rotatable bonds is 5. The molecule has 0 spiro atoms. The van der Waals surface area contributed by atoms with Gasteiger partial charge in [-0.05, 0) is 30.5 Å². The maximum Gasteiger partial charge on any atom is 0.352 e. The molecule has 0 aliphatic heterocycles. The molecule has 2 rings (SSSR count). The molecule has 0 aliphatic carbocycles. The van der Waals surface area contributed by atoms with Gasteiger partial charge in [-0.15, -0.1) is 0 Å². The molecule has 0 radical (unpaired) electrons. The van der Waals surface area contributed by atoms with Gasteiger partial charge in [0.25, 0.3) is 0 Å². The van der Waals surface area contributed by atoms with Gasteiger partial charge in [0.05, 0.1) is 6.54 Å². The summed E-state index contributed by atoms with van der Waals surface area (Å²) in [7, 11) is 1.68. The van der Waals surface area contributed by atoms with Crippen molar-refractivity contribution in [2.24, 2.45) is 0 Å². The van der Waals surface area contributed by atoms with Gasteiger partial charge in [0.2, 0.25) is 5.95 Å². The van der Waals surface area contributed by atoms with Crippen LogP contribution in [0.2, 0.25) is 0 Å². The lowest BCUT2D eigenvalue weighted by molar-refractivity contribution is 0.699. The summed E-state index contributed by atoms with van der Waals surface area (Å²) in [6, 6.07) is 4.05. The average Bonchev–Trinajstić information content (AvgIpc) is 2.48. The zero-order valence-corrected chi connectivity index (χ0v) is 12.1. The Balaban J connectivity index is 2.32. The van der Waals surface area contributed by atoms with Crippen LogP contribution in [0.4, 0.5) is 5.95 Å². The highest BCUT2D eigenvalue weighted by Crippen LogP contribution is 2.09. The van der Waals surface area contributed by atoms with Crippen molar-refractivity contribution in [2.45, 2.75) is 33.2 Å². The van der Waals surface area contributed by atoms with E-state index >= 15 is 0 Å². The molecule has 0 atom stereocenters. The Kier molecular flexibility index (Phi) is 4.45. The van der Waals surface area contributed by atoms with Crippen LogP contribution in [-0.2, 0) is 19.4 Å². The molecule has 1 N–H and O–H groups in total. The largest absolute Gasteiger partial charge is 0.357 e. The van der Waals surface area contributed by atoms with Gasteiger partial charge in [-0.1, -0.05) is 13.8 Å². The summed E-state index contributed by atoms with van der Waals surface area (Å²) in [5, 5.41) is 2.75. The van der Waals surface area contributed by atoms with Crippen LogP contribution in [-0.4, -0.2) is 26.6 Å². The van der Waals surface area contributed by atoms with Crippen LogP contribution >= 0.6 is 0 Å². The molecule has 0 unspecified atom stereocenters. The first-order chi connectivity index (χ1) is 9.66. The van der Waals surface area contributed by atoms with E-state index in [0.717, 1.165) is 29.8 Å². The van der Waals surface area contributed by atoms with Crippen molar-refractivity contribution < 1.29 is 0 Å². The van der Waals surface area contributed by atoms with Crippen molar-refractivity contribution in [3.63, 3.8) is 0 Å². The van der Waals surface area contributed by atoms with E-state index in [4.69, 9.17) is 0 Å². The van der Waals surface area contributed by atoms with Crippen molar-refractivity contribution >= 4 is 5.95 Å². The molecule has 6 heteroatoms. The first-order valence-corrected chi connectivity index (χ1v) is 6.76. The molecule has 106 valence electrons. The third-order valence-corrected chi connectivity index (χ3v) is 3.06. The maximum atomic E-state index is 11.9. The Hall–Kier alpha value is -2.24. The maximum absolute atomic E-state index is 11.9. The third-order valence-electron chi connectivity index (χ3n) is 3.06. The monoisotopic (exact) mass is 273 g/mol. The van der Waals surface area contributed by atoms with Gasteiger partial charge in [-0.2, -0.15) is 4.98 Å². The van der Waals surface area contributed by atoms with Crippen molar-refractivity contribution in [2.75, 3.05) is 12.4 Å². The summed E-state index contributed by atoms with van der Waals surface area (Å²) in [6.45, 7) is 4.61. The van der Waals surface area contributed by atoms with E-state index in [0.29, 0.717) is 12.5 Å². The number of hydrogen-bond donors (Lipinski definition) is 1. The second-order valence-electron chi connectivity index (χ2n) is 4.51. The molecule has 0 amide bonds. The Morgan fingerprint density at radius 2 is 1.80 bits per heavy atom. The Labute approximate surface area is 117 Å². The summed E-state index contributed by atoms with van der Waals surface area (Å²) < 4.78 is 1.50. The zero-order chi connectivity index (χ0) is 14.5. The quantitative estimate of drug-likeness (QED) is 0.887. The highest BCUT2D eigenvalue weighted by molar-refractivity contribution is 5.23. The highest BCUT2D eigenvalue weighted by atomic mass is 16.1. The van der Waals surface area contributed by atoms with Crippen LogP contribution in [0.15, 0.2) is 23.3 Å². The van der Waals surface area contributed by atoms with Gasteiger partial charge in [-0.25, -0.2) is 9.78 Å². The molecule has 0 bridgehead atoms. The second-order valence-corrected chi connectivity index (χ2v) is 4.51. The lowest BCUT2D eigenvalue weighted by atomic mass is 10.1. The molecular formula is C14H19N5O. The van der Waals surface area contributed by atoms with Gasteiger partial charge in [0, 0.05) is 18.4 Å². The third kappa shape index (κ3) is 3.20. The number of pyridine rings is 1. The van der Waals surface area contributed by atoms with Crippen LogP contribution in [0, 0.1) is 0 Å². The summed E-state index contributed by atoms with van der Waals surface area (Å²) in [6.07, 6.45) is 3.27. The topological polar surface area (TPSA) is 72.7 Å². The van der Waals surface area contributed by atoms with Crippen molar-refractivity contribution in [1.29, 1.82) is 0 Å². The molecule has 2 aromatic heterocycles. The number of aryl methyl sites for hydroxylation is 2. The summed E-state index contributed by atoms with van der Waals surface area (Å²) in [4.78, 5) is 24.3. The number of hydrogen-bond acceptors (Lipinski definition) is 5. The van der Waals surface area contributed by atoms with Crippen molar-refractivity contribution in [1.82, 2.24) is 19.5 Å². The van der Waals surface area contributed by atoms with E-state index in [2.05, 4.69) is 34.1 Å². The predicted molar refractivity (Wildman–Crippen MR) is 77.9 cm³/mol. The van der Waals surface area contributed by atoms with E-state index in [9.17, 15) is 4.79 Å². The smallest absolute Gasteiger partial charge is 0.352 e. The zero-order valence-electron chi connectivity index (χ0n) is 12.1. The van der Waals surface area contributed by atoms with Crippen molar-refractivity contribution in [3.8, 4) is 0 Å². The molecule has 2 heterocycles. The van der Waals surface area contributed by atoms with E-state index in [1.54, 1.807) is 7.05 Å². The van der Waals surface area contributed by atoms with Crippen LogP contribution in [0.1, 0.15) is 30.8 Å². The van der Waals surface area contributed by atoms with Crippen LogP contribution in [0.5, 0.6) is 0 Å². The minimum Gasteiger partial charge on any atom is -0.357 e. The summed E-state index contributed by atoms with van der Waals surface area (Å²) >= 11 is 0. The molecule has 0 aromatic carbocycles. The van der Waals surface area contributed by atoms with Crippen LogP contribution in [0.25, 0.3) is 0 Å². The molecule has 2 aromatic rings. The summed E-state index contributed by atoms with van der Waals surface area (Å²) in [5.74, 6) is 0.337. The van der Waals surface area contributed by atoms with Gasteiger partial charge in [0.15, 0.2) is 0 Å². The predicted octanol–water partition coefficient (Wildman–Crippen LogP) is 1.25. The molecule has 0 saturated heterocycles. The highest BCUT2D eigenvalue weighted by Gasteiger charge is 2.05. The minimum atomic E-state index is -0.308. The lowest BCUT2D eigenvalue weighted by Crippen LogP contribution is -2.25. The van der Waals surface area contributed by atoms with E-state index < -0.39 is 0 Å². The average molecular weight is 273 g/mol. The Morgan fingerprint density at radius 1 is 1.15 bits per heavy atom. The van der Waals surface area contributed by atoms with E-state index in [-0.39, 0.29) is 5.69 Å². The molecule has 0 saturated carbocycles. The van der Waals surface area contributed by atoms with Crippen LogP contribution in [0.3, 0.4) is 0 Å². The van der Waals surface area contributed by atoms with Crippen molar-refractivity contribution in [3.05, 3.63) is 45.9 Å². The number of nitrogens with one attached hydrogen (secondary N) is 1. The molecule has 20 heavy (non-hydrogen) atoms. The van der Waals surface area contributed by atoms with E-state index in [1.165, 1.54) is 10.9 Å². The first-order valence-electron chi connectivity index (χ1n) is 6.76. The number of nitrogens with zero attached hydrogens (tertiary/aromatic N) is 4. The second kappa shape index (κ2) is 6.27. The Bertz CT molecular complexity index is 628. The van der Waals surface area contributed by atoms with Gasteiger partial charge < -0.3 is 5.32 Å². The minimum absolute atomic E-state index is 0.308. The molecule has 0 fully saturated rings. The molecule has 0 aliphatic rings. The SMILES string of the molecule is CCc1cc(Cn2cnc(NC)nc2=O)cc(CC)n1. The molecular weight excluding hydrogens is 254 g/mol. The fourth-order valence-corrected chi connectivity index (χ4v) is 1.96.